The summed E-state index contributed by atoms with van der Waals surface area (Å²) in [6.45, 7) is 11.4. The first-order chi connectivity index (χ1) is 12.6. The van der Waals surface area contributed by atoms with Gasteiger partial charge in [0.25, 0.3) is 0 Å². The van der Waals surface area contributed by atoms with Crippen molar-refractivity contribution < 1.29 is 9.47 Å². The Hall–Kier alpha value is -1.79. The van der Waals surface area contributed by atoms with Crippen LogP contribution in [-0.4, -0.2) is 64.4 Å². The molecule has 6 heteroatoms. The normalized spacial score (nSPS) is 11.7. The Labute approximate surface area is 159 Å². The van der Waals surface area contributed by atoms with Gasteiger partial charge in [0.05, 0.1) is 13.2 Å². The zero-order valence-electron chi connectivity index (χ0n) is 17.1. The van der Waals surface area contributed by atoms with Crippen LogP contribution in [0.5, 0.6) is 5.75 Å². The van der Waals surface area contributed by atoms with Gasteiger partial charge >= 0.3 is 0 Å². The Kier molecular flexibility index (Phi) is 11.5. The lowest BCUT2D eigenvalue weighted by molar-refractivity contribution is 0.110. The summed E-state index contributed by atoms with van der Waals surface area (Å²) < 4.78 is 11.2. The first-order valence-electron chi connectivity index (χ1n) is 9.53. The maximum atomic E-state index is 5.90. The Balaban J connectivity index is 2.65. The molecular weight excluding hydrogens is 328 g/mol. The molecule has 1 aromatic carbocycles. The summed E-state index contributed by atoms with van der Waals surface area (Å²) in [5, 5.41) is 6.68. The lowest BCUT2D eigenvalue weighted by Gasteiger charge is -2.14. The Morgan fingerprint density at radius 1 is 1.15 bits per heavy atom. The molecule has 0 spiro atoms. The summed E-state index contributed by atoms with van der Waals surface area (Å²) in [7, 11) is 4.17. The van der Waals surface area contributed by atoms with Gasteiger partial charge in [0.15, 0.2) is 5.96 Å². The van der Waals surface area contributed by atoms with E-state index in [1.165, 1.54) is 5.56 Å². The highest BCUT2D eigenvalue weighted by atomic mass is 16.5. The van der Waals surface area contributed by atoms with Crippen LogP contribution in [0.3, 0.4) is 0 Å². The van der Waals surface area contributed by atoms with E-state index in [9.17, 15) is 0 Å². The molecule has 0 unspecified atom stereocenters. The highest BCUT2D eigenvalue weighted by Gasteiger charge is 2.05. The number of aryl methyl sites for hydroxylation is 1. The Bertz CT molecular complexity index is 533. The lowest BCUT2D eigenvalue weighted by atomic mass is 10.1. The summed E-state index contributed by atoms with van der Waals surface area (Å²) >= 11 is 0. The van der Waals surface area contributed by atoms with Gasteiger partial charge in [-0.25, -0.2) is 4.99 Å². The number of rotatable bonds is 12. The van der Waals surface area contributed by atoms with E-state index in [-0.39, 0.29) is 0 Å². The lowest BCUT2D eigenvalue weighted by Crippen LogP contribution is -2.38. The van der Waals surface area contributed by atoms with Crippen molar-refractivity contribution in [3.8, 4) is 5.75 Å². The largest absolute Gasteiger partial charge is 0.491 e. The summed E-state index contributed by atoms with van der Waals surface area (Å²) in [5.74, 6) is 1.73. The van der Waals surface area contributed by atoms with Gasteiger partial charge in [0.1, 0.15) is 12.4 Å². The second-order valence-electron chi connectivity index (χ2n) is 6.44. The van der Waals surface area contributed by atoms with Gasteiger partial charge in [0.2, 0.25) is 0 Å². The average Bonchev–Trinajstić information content (AvgIpc) is 2.61. The van der Waals surface area contributed by atoms with E-state index in [0.29, 0.717) is 26.4 Å². The third-order valence-corrected chi connectivity index (χ3v) is 3.74. The molecule has 0 amide bonds. The van der Waals surface area contributed by atoms with E-state index in [2.05, 4.69) is 61.7 Å². The maximum absolute atomic E-state index is 5.90. The summed E-state index contributed by atoms with van der Waals surface area (Å²) in [6.07, 6.45) is 1.08. The van der Waals surface area contributed by atoms with Crippen LogP contribution < -0.4 is 15.4 Å². The molecule has 0 radical (unpaired) electrons. The van der Waals surface area contributed by atoms with Crippen molar-refractivity contribution in [2.24, 2.45) is 4.99 Å². The van der Waals surface area contributed by atoms with Crippen LogP contribution in [-0.2, 0) is 11.3 Å². The molecule has 0 heterocycles. The van der Waals surface area contributed by atoms with Crippen LogP contribution in [0.25, 0.3) is 0 Å². The maximum Gasteiger partial charge on any atom is 0.191 e. The monoisotopic (exact) mass is 364 g/mol. The van der Waals surface area contributed by atoms with Gasteiger partial charge < -0.3 is 25.0 Å². The molecule has 6 nitrogen and oxygen atoms in total. The van der Waals surface area contributed by atoms with Gasteiger partial charge in [-0.3, -0.25) is 0 Å². The molecule has 0 atom stereocenters. The molecule has 0 bridgehead atoms. The molecule has 0 aliphatic heterocycles. The van der Waals surface area contributed by atoms with Gasteiger partial charge in [-0.1, -0.05) is 12.1 Å². The van der Waals surface area contributed by atoms with Crippen molar-refractivity contribution in [1.82, 2.24) is 15.5 Å². The van der Waals surface area contributed by atoms with Crippen LogP contribution in [0.15, 0.2) is 23.2 Å². The van der Waals surface area contributed by atoms with Crippen LogP contribution in [0.1, 0.15) is 31.4 Å². The van der Waals surface area contributed by atoms with E-state index in [4.69, 9.17) is 14.5 Å². The number of hydrogen-bond acceptors (Lipinski definition) is 4. The summed E-state index contributed by atoms with van der Waals surface area (Å²) in [6, 6.07) is 6.25. The smallest absolute Gasteiger partial charge is 0.191 e. The Morgan fingerprint density at radius 2 is 1.96 bits per heavy atom. The first kappa shape index (κ1) is 22.3. The van der Waals surface area contributed by atoms with Gasteiger partial charge in [-0.05, 0) is 59.5 Å². The fourth-order valence-corrected chi connectivity index (χ4v) is 2.39. The number of nitrogens with zero attached hydrogens (tertiary/aromatic N) is 2. The standard InChI is InChI=1S/C20H36N4O2/c1-6-21-20(22-11-8-12-24(4)5)23-16-18-10-9-17(3)15-19(18)26-14-13-25-7-2/h9-10,15H,6-8,11-14,16H2,1-5H3,(H2,21,22,23). The molecule has 0 aromatic heterocycles. The molecule has 0 saturated heterocycles. The number of hydrogen-bond donors (Lipinski definition) is 2. The topological polar surface area (TPSA) is 58.1 Å². The van der Waals surface area contributed by atoms with Crippen LogP contribution >= 0.6 is 0 Å². The van der Waals surface area contributed by atoms with E-state index >= 15 is 0 Å². The van der Waals surface area contributed by atoms with Crippen molar-refractivity contribution in [2.45, 2.75) is 33.7 Å². The fraction of sp³-hybridized carbons (Fsp3) is 0.650. The minimum absolute atomic E-state index is 0.552. The van der Waals surface area contributed by atoms with Crippen LogP contribution in [0.4, 0.5) is 0 Å². The number of guanidine groups is 1. The molecule has 1 aromatic rings. The second kappa shape index (κ2) is 13.4. The zero-order chi connectivity index (χ0) is 19.2. The van der Waals surface area contributed by atoms with Gasteiger partial charge in [-0.15, -0.1) is 0 Å². The number of aliphatic imine (C=N–C) groups is 1. The molecule has 0 fully saturated rings. The van der Waals surface area contributed by atoms with Gasteiger partial charge in [0, 0.05) is 25.3 Å². The Morgan fingerprint density at radius 3 is 2.65 bits per heavy atom. The van der Waals surface area contributed by atoms with E-state index in [0.717, 1.165) is 43.3 Å². The van der Waals surface area contributed by atoms with E-state index < -0.39 is 0 Å². The van der Waals surface area contributed by atoms with Crippen molar-refractivity contribution >= 4 is 5.96 Å². The SMILES string of the molecule is CCNC(=NCc1ccc(C)cc1OCCOCC)NCCCN(C)C. The molecule has 1 rings (SSSR count). The van der Waals surface area contributed by atoms with E-state index in [1.54, 1.807) is 0 Å². The van der Waals surface area contributed by atoms with Crippen LogP contribution in [0, 0.1) is 6.92 Å². The number of nitrogens with one attached hydrogen (secondary N) is 2. The molecule has 2 N–H and O–H groups in total. The van der Waals surface area contributed by atoms with Crippen LogP contribution in [0.2, 0.25) is 0 Å². The predicted molar refractivity (Wildman–Crippen MR) is 109 cm³/mol. The second-order valence-corrected chi connectivity index (χ2v) is 6.44. The molecule has 0 aliphatic carbocycles. The minimum Gasteiger partial charge on any atom is -0.491 e. The van der Waals surface area contributed by atoms with Gasteiger partial charge in [-0.2, -0.15) is 0 Å². The zero-order valence-corrected chi connectivity index (χ0v) is 17.1. The van der Waals surface area contributed by atoms with Crippen molar-refractivity contribution in [3.05, 3.63) is 29.3 Å². The molecule has 148 valence electrons. The fourth-order valence-electron chi connectivity index (χ4n) is 2.39. The van der Waals surface area contributed by atoms with Crippen molar-refractivity contribution in [1.29, 1.82) is 0 Å². The average molecular weight is 365 g/mol. The molecular formula is C20H36N4O2. The van der Waals surface area contributed by atoms with Crippen molar-refractivity contribution in [2.75, 3.05) is 53.6 Å². The predicted octanol–water partition coefficient (Wildman–Crippen LogP) is 2.42. The molecule has 26 heavy (non-hydrogen) atoms. The first-order valence-corrected chi connectivity index (χ1v) is 9.53. The quantitative estimate of drug-likeness (QED) is 0.339. The highest BCUT2D eigenvalue weighted by molar-refractivity contribution is 5.79. The number of benzene rings is 1. The van der Waals surface area contributed by atoms with E-state index in [1.807, 2.05) is 6.92 Å². The third kappa shape index (κ3) is 9.63. The summed E-state index contributed by atoms with van der Waals surface area (Å²) in [5.41, 5.74) is 2.26. The number of ether oxygens (including phenoxy) is 2. The third-order valence-electron chi connectivity index (χ3n) is 3.74. The summed E-state index contributed by atoms with van der Waals surface area (Å²) in [4.78, 5) is 6.89. The molecule has 0 aliphatic rings. The molecule has 0 saturated carbocycles. The van der Waals surface area contributed by atoms with Crippen molar-refractivity contribution in [3.63, 3.8) is 0 Å². The highest BCUT2D eigenvalue weighted by Crippen LogP contribution is 2.21. The minimum atomic E-state index is 0.552.